The van der Waals surface area contributed by atoms with Crippen molar-refractivity contribution in [3.8, 4) is 0 Å². The van der Waals surface area contributed by atoms with Gasteiger partial charge in [0, 0.05) is 19.2 Å². The van der Waals surface area contributed by atoms with Crippen LogP contribution in [-0.2, 0) is 9.53 Å². The largest absolute Gasteiger partial charge is 0.376 e. The first-order valence-corrected chi connectivity index (χ1v) is 8.89. The predicted octanol–water partition coefficient (Wildman–Crippen LogP) is 2.32. The van der Waals surface area contributed by atoms with Gasteiger partial charge in [0.1, 0.15) is 0 Å². The van der Waals surface area contributed by atoms with Gasteiger partial charge in [-0.25, -0.2) is 0 Å². The molecule has 4 nitrogen and oxygen atoms in total. The summed E-state index contributed by atoms with van der Waals surface area (Å²) < 4.78 is 6.00. The fourth-order valence-electron chi connectivity index (χ4n) is 4.47. The second-order valence-corrected chi connectivity index (χ2v) is 7.01. The minimum Gasteiger partial charge on any atom is -0.376 e. The number of nitrogens with one attached hydrogen (secondary N) is 1. The van der Waals surface area contributed by atoms with Crippen LogP contribution < -0.4 is 5.32 Å². The van der Waals surface area contributed by atoms with Crippen molar-refractivity contribution in [1.29, 1.82) is 0 Å². The van der Waals surface area contributed by atoms with Crippen LogP contribution in [0.5, 0.6) is 0 Å². The van der Waals surface area contributed by atoms with Crippen LogP contribution >= 0.6 is 0 Å². The number of hydrogen-bond acceptors (Lipinski definition) is 3. The maximum absolute atomic E-state index is 12.9. The summed E-state index contributed by atoms with van der Waals surface area (Å²) in [7, 11) is 1.92. The molecule has 21 heavy (non-hydrogen) atoms. The molecule has 0 radical (unpaired) electrons. The van der Waals surface area contributed by atoms with Gasteiger partial charge in [0.2, 0.25) is 5.91 Å². The monoisotopic (exact) mass is 294 g/mol. The Morgan fingerprint density at radius 1 is 1.10 bits per heavy atom. The fraction of sp³-hybridized carbons (Fsp3) is 0.941. The molecular formula is C17H30N2O2. The number of amides is 1. The van der Waals surface area contributed by atoms with Crippen molar-refractivity contribution < 1.29 is 9.53 Å². The smallest absolute Gasteiger partial charge is 0.240 e. The van der Waals surface area contributed by atoms with Gasteiger partial charge in [-0.1, -0.05) is 19.3 Å². The second kappa shape index (κ2) is 7.10. The van der Waals surface area contributed by atoms with E-state index in [4.69, 9.17) is 4.74 Å². The summed E-state index contributed by atoms with van der Waals surface area (Å²) >= 11 is 0. The Morgan fingerprint density at radius 2 is 2.00 bits per heavy atom. The molecule has 4 heteroatoms. The van der Waals surface area contributed by atoms with E-state index in [0.717, 1.165) is 31.9 Å². The van der Waals surface area contributed by atoms with E-state index in [0.29, 0.717) is 11.9 Å². The van der Waals surface area contributed by atoms with Crippen LogP contribution in [0.3, 0.4) is 0 Å². The van der Waals surface area contributed by atoms with Crippen LogP contribution in [0.2, 0.25) is 0 Å². The molecule has 0 aromatic carbocycles. The number of hydrogen-bond donors (Lipinski definition) is 1. The molecule has 0 aromatic rings. The third-order valence-electron chi connectivity index (χ3n) is 5.70. The third kappa shape index (κ3) is 3.42. The molecule has 4 unspecified atom stereocenters. The molecule has 1 aliphatic carbocycles. The highest BCUT2D eigenvalue weighted by Gasteiger charge is 2.40. The van der Waals surface area contributed by atoms with Gasteiger partial charge >= 0.3 is 0 Å². The van der Waals surface area contributed by atoms with Crippen molar-refractivity contribution in [3.05, 3.63) is 0 Å². The number of likely N-dealkylation sites (N-methyl/N-ethyl adjacent to an activating group) is 1. The standard InChI is InChI=1S/C17H30N2O2/c1-18-15-10-9-13-6-5-8-16(13)19(17(15)20)12-14-7-3-2-4-11-21-14/h13-16,18H,2-12H2,1H3. The number of nitrogens with zero attached hydrogens (tertiary/aromatic N) is 1. The Morgan fingerprint density at radius 3 is 2.86 bits per heavy atom. The zero-order valence-corrected chi connectivity index (χ0v) is 13.4. The average Bonchev–Trinajstić information content (AvgIpc) is 2.74. The Hall–Kier alpha value is -0.610. The molecule has 3 fully saturated rings. The number of carbonyl (C=O) groups excluding carboxylic acids is 1. The number of fused-ring (bicyclic) bond motifs is 1. The van der Waals surface area contributed by atoms with Crippen molar-refractivity contribution in [2.45, 2.75) is 76.0 Å². The number of rotatable bonds is 3. The highest BCUT2D eigenvalue weighted by molar-refractivity contribution is 5.82. The number of carbonyl (C=O) groups is 1. The van der Waals surface area contributed by atoms with Crippen LogP contribution in [0, 0.1) is 5.92 Å². The highest BCUT2D eigenvalue weighted by atomic mass is 16.5. The van der Waals surface area contributed by atoms with E-state index in [-0.39, 0.29) is 12.1 Å². The van der Waals surface area contributed by atoms with Gasteiger partial charge in [-0.3, -0.25) is 4.79 Å². The number of ether oxygens (including phenoxy) is 1. The van der Waals surface area contributed by atoms with Gasteiger partial charge in [-0.05, 0) is 51.5 Å². The van der Waals surface area contributed by atoms with E-state index >= 15 is 0 Å². The van der Waals surface area contributed by atoms with Gasteiger partial charge in [-0.2, -0.15) is 0 Å². The zero-order valence-electron chi connectivity index (χ0n) is 13.4. The maximum atomic E-state index is 12.9. The molecule has 1 N–H and O–H groups in total. The molecule has 2 heterocycles. The van der Waals surface area contributed by atoms with E-state index < -0.39 is 0 Å². The SMILES string of the molecule is CNC1CCC2CCCC2N(CC2CCCCCO2)C1=O. The minimum absolute atomic E-state index is 0.0152. The molecule has 3 rings (SSSR count). The van der Waals surface area contributed by atoms with E-state index in [9.17, 15) is 4.79 Å². The summed E-state index contributed by atoms with van der Waals surface area (Å²) in [5, 5.41) is 3.23. The van der Waals surface area contributed by atoms with Crippen molar-refractivity contribution in [2.75, 3.05) is 20.2 Å². The Kier molecular flexibility index (Phi) is 5.17. The molecule has 0 spiro atoms. The van der Waals surface area contributed by atoms with E-state index in [1.54, 1.807) is 0 Å². The molecule has 0 aromatic heterocycles. The molecule has 2 aliphatic heterocycles. The lowest BCUT2D eigenvalue weighted by Crippen LogP contribution is -2.51. The molecular weight excluding hydrogens is 264 g/mol. The first-order valence-electron chi connectivity index (χ1n) is 8.89. The van der Waals surface area contributed by atoms with Gasteiger partial charge < -0.3 is 15.0 Å². The van der Waals surface area contributed by atoms with Crippen molar-refractivity contribution in [2.24, 2.45) is 5.92 Å². The molecule has 1 amide bonds. The van der Waals surface area contributed by atoms with Crippen LogP contribution in [0.25, 0.3) is 0 Å². The van der Waals surface area contributed by atoms with Crippen LogP contribution in [0.4, 0.5) is 0 Å². The van der Waals surface area contributed by atoms with Gasteiger partial charge in [-0.15, -0.1) is 0 Å². The topological polar surface area (TPSA) is 41.6 Å². The van der Waals surface area contributed by atoms with Gasteiger partial charge in [0.05, 0.1) is 12.1 Å². The summed E-state index contributed by atoms with van der Waals surface area (Å²) in [4.78, 5) is 15.1. The molecule has 1 saturated carbocycles. The molecule has 120 valence electrons. The normalized spacial score (nSPS) is 38.0. The Bertz CT molecular complexity index is 353. The van der Waals surface area contributed by atoms with Crippen LogP contribution in [0.1, 0.15) is 57.8 Å². The Labute approximate surface area is 128 Å². The predicted molar refractivity (Wildman–Crippen MR) is 83.1 cm³/mol. The molecule has 0 bridgehead atoms. The van der Waals surface area contributed by atoms with Crippen LogP contribution in [-0.4, -0.2) is 49.2 Å². The summed E-state index contributed by atoms with van der Waals surface area (Å²) in [6, 6.07) is 0.490. The van der Waals surface area contributed by atoms with E-state index in [1.807, 2.05) is 7.05 Å². The van der Waals surface area contributed by atoms with E-state index in [1.165, 1.54) is 44.9 Å². The van der Waals surface area contributed by atoms with Gasteiger partial charge in [0.15, 0.2) is 0 Å². The van der Waals surface area contributed by atoms with Crippen LogP contribution in [0.15, 0.2) is 0 Å². The van der Waals surface area contributed by atoms with Crippen molar-refractivity contribution >= 4 is 5.91 Å². The summed E-state index contributed by atoms with van der Waals surface area (Å²) in [6.07, 6.45) is 11.0. The quantitative estimate of drug-likeness (QED) is 0.868. The lowest BCUT2D eigenvalue weighted by atomic mass is 9.97. The zero-order chi connectivity index (χ0) is 14.7. The minimum atomic E-state index is 0.0152. The first-order chi connectivity index (χ1) is 10.3. The van der Waals surface area contributed by atoms with Gasteiger partial charge in [0.25, 0.3) is 0 Å². The first kappa shape index (κ1) is 15.3. The lowest BCUT2D eigenvalue weighted by Gasteiger charge is -2.34. The van der Waals surface area contributed by atoms with Crippen molar-refractivity contribution in [3.63, 3.8) is 0 Å². The lowest BCUT2D eigenvalue weighted by molar-refractivity contribution is -0.137. The third-order valence-corrected chi connectivity index (χ3v) is 5.70. The fourth-order valence-corrected chi connectivity index (χ4v) is 4.47. The summed E-state index contributed by atoms with van der Waals surface area (Å²) in [5.41, 5.74) is 0. The summed E-state index contributed by atoms with van der Waals surface area (Å²) in [5.74, 6) is 1.04. The molecule has 3 aliphatic rings. The highest BCUT2D eigenvalue weighted by Crippen LogP contribution is 2.37. The molecule has 4 atom stereocenters. The molecule has 2 saturated heterocycles. The summed E-state index contributed by atoms with van der Waals surface area (Å²) in [6.45, 7) is 1.69. The second-order valence-electron chi connectivity index (χ2n) is 7.01. The van der Waals surface area contributed by atoms with Crippen molar-refractivity contribution in [1.82, 2.24) is 10.2 Å². The number of likely N-dealkylation sites (tertiary alicyclic amines) is 1. The maximum Gasteiger partial charge on any atom is 0.240 e. The average molecular weight is 294 g/mol. The Balaban J connectivity index is 1.72. The van der Waals surface area contributed by atoms with E-state index in [2.05, 4.69) is 10.2 Å².